The van der Waals surface area contributed by atoms with Gasteiger partial charge >= 0.3 is 0 Å². The Morgan fingerprint density at radius 2 is 2.28 bits per heavy atom. The fraction of sp³-hybridized carbons (Fsp3) is 0.643. The first-order valence-corrected chi connectivity index (χ1v) is 6.52. The van der Waals surface area contributed by atoms with Crippen molar-refractivity contribution < 1.29 is 4.74 Å². The van der Waals surface area contributed by atoms with Crippen LogP contribution in [0.1, 0.15) is 39.3 Å². The molecule has 0 saturated carbocycles. The van der Waals surface area contributed by atoms with Crippen LogP contribution in [0, 0.1) is 0 Å². The standard InChI is InChI=1S/C14H23N3O/c1-10-8-17(9-14(3,4)18-10)13-12(11(2)15)6-5-7-16-13/h5-7,10-11H,8-9,15H2,1-4H3. The summed E-state index contributed by atoms with van der Waals surface area (Å²) in [4.78, 5) is 6.80. The van der Waals surface area contributed by atoms with Gasteiger partial charge in [0.25, 0.3) is 0 Å². The minimum absolute atomic E-state index is 0.00466. The summed E-state index contributed by atoms with van der Waals surface area (Å²) in [5.74, 6) is 0.996. The number of pyridine rings is 1. The molecule has 2 unspecified atom stereocenters. The molecule has 1 aromatic rings. The monoisotopic (exact) mass is 249 g/mol. The van der Waals surface area contributed by atoms with Crippen LogP contribution < -0.4 is 10.6 Å². The summed E-state index contributed by atoms with van der Waals surface area (Å²) in [5.41, 5.74) is 6.98. The van der Waals surface area contributed by atoms with Crippen molar-refractivity contribution in [2.75, 3.05) is 18.0 Å². The van der Waals surface area contributed by atoms with Crippen LogP contribution in [0.2, 0.25) is 0 Å². The quantitative estimate of drug-likeness (QED) is 0.872. The molecule has 1 aliphatic heterocycles. The van der Waals surface area contributed by atoms with Gasteiger partial charge in [0.1, 0.15) is 5.82 Å². The zero-order valence-electron chi connectivity index (χ0n) is 11.7. The molecular formula is C14H23N3O. The van der Waals surface area contributed by atoms with Crippen LogP contribution in [0.5, 0.6) is 0 Å². The molecule has 2 atom stereocenters. The van der Waals surface area contributed by atoms with Crippen molar-refractivity contribution in [1.29, 1.82) is 0 Å². The Morgan fingerprint density at radius 3 is 2.89 bits per heavy atom. The molecule has 4 heteroatoms. The highest BCUT2D eigenvalue weighted by molar-refractivity contribution is 5.49. The number of ether oxygens (including phenoxy) is 1. The Morgan fingerprint density at radius 1 is 1.56 bits per heavy atom. The van der Waals surface area contributed by atoms with Gasteiger partial charge in [-0.25, -0.2) is 4.98 Å². The number of rotatable bonds is 2. The third-order valence-corrected chi connectivity index (χ3v) is 3.18. The number of hydrogen-bond acceptors (Lipinski definition) is 4. The number of morpholine rings is 1. The van der Waals surface area contributed by atoms with E-state index < -0.39 is 0 Å². The van der Waals surface area contributed by atoms with E-state index in [2.05, 4.69) is 36.7 Å². The molecule has 1 aromatic heterocycles. The highest BCUT2D eigenvalue weighted by Crippen LogP contribution is 2.28. The molecule has 0 aromatic carbocycles. The Kier molecular flexibility index (Phi) is 3.59. The number of anilines is 1. The third kappa shape index (κ3) is 2.82. The Hall–Kier alpha value is -1.13. The molecule has 0 amide bonds. The lowest BCUT2D eigenvalue weighted by atomic mass is 10.0. The topological polar surface area (TPSA) is 51.4 Å². The summed E-state index contributed by atoms with van der Waals surface area (Å²) < 4.78 is 5.93. The lowest BCUT2D eigenvalue weighted by Gasteiger charge is -2.43. The van der Waals surface area contributed by atoms with Crippen LogP contribution in [0.4, 0.5) is 5.82 Å². The van der Waals surface area contributed by atoms with Crippen LogP contribution in [0.25, 0.3) is 0 Å². The zero-order valence-corrected chi connectivity index (χ0v) is 11.7. The summed E-state index contributed by atoms with van der Waals surface area (Å²) in [7, 11) is 0. The van der Waals surface area contributed by atoms with Gasteiger partial charge in [-0.15, -0.1) is 0 Å². The highest BCUT2D eigenvalue weighted by atomic mass is 16.5. The number of hydrogen-bond donors (Lipinski definition) is 1. The van der Waals surface area contributed by atoms with Crippen LogP contribution in [-0.2, 0) is 4.74 Å². The molecule has 1 fully saturated rings. The van der Waals surface area contributed by atoms with Gasteiger partial charge < -0.3 is 15.4 Å². The van der Waals surface area contributed by atoms with Gasteiger partial charge in [-0.2, -0.15) is 0 Å². The molecule has 2 N–H and O–H groups in total. The second-order valence-corrected chi connectivity index (χ2v) is 5.77. The molecule has 2 heterocycles. The molecule has 18 heavy (non-hydrogen) atoms. The minimum atomic E-state index is -0.149. The smallest absolute Gasteiger partial charge is 0.133 e. The number of nitrogens with two attached hydrogens (primary N) is 1. The van der Waals surface area contributed by atoms with Crippen molar-refractivity contribution >= 4 is 5.82 Å². The van der Waals surface area contributed by atoms with Gasteiger partial charge in [0.2, 0.25) is 0 Å². The van der Waals surface area contributed by atoms with Crippen molar-refractivity contribution in [3.63, 3.8) is 0 Å². The summed E-state index contributed by atoms with van der Waals surface area (Å²) in [6.45, 7) is 10.0. The molecule has 0 bridgehead atoms. The fourth-order valence-corrected chi connectivity index (χ4v) is 2.64. The van der Waals surface area contributed by atoms with Crippen molar-refractivity contribution in [1.82, 2.24) is 4.98 Å². The van der Waals surface area contributed by atoms with Crippen molar-refractivity contribution in [3.8, 4) is 0 Å². The maximum Gasteiger partial charge on any atom is 0.133 e. The summed E-state index contributed by atoms with van der Waals surface area (Å²) in [6.07, 6.45) is 2.03. The van der Waals surface area contributed by atoms with E-state index >= 15 is 0 Å². The average Bonchev–Trinajstić information content (AvgIpc) is 2.26. The first-order chi connectivity index (χ1) is 8.39. The molecule has 0 radical (unpaired) electrons. The predicted molar refractivity (Wildman–Crippen MR) is 73.7 cm³/mol. The lowest BCUT2D eigenvalue weighted by Crippen LogP contribution is -2.52. The minimum Gasteiger partial charge on any atom is -0.369 e. The second-order valence-electron chi connectivity index (χ2n) is 5.77. The van der Waals surface area contributed by atoms with Crippen LogP contribution >= 0.6 is 0 Å². The first kappa shape index (κ1) is 13.3. The molecule has 1 saturated heterocycles. The normalized spacial score (nSPS) is 24.9. The Labute approximate surface area is 109 Å². The lowest BCUT2D eigenvalue weighted by molar-refractivity contribution is -0.0752. The van der Waals surface area contributed by atoms with Crippen LogP contribution in [-0.4, -0.2) is 29.8 Å². The SMILES string of the molecule is CC1CN(c2ncccc2C(C)N)CC(C)(C)O1. The maximum absolute atomic E-state index is 6.03. The largest absolute Gasteiger partial charge is 0.369 e. The van der Waals surface area contributed by atoms with E-state index in [1.165, 1.54) is 0 Å². The second kappa shape index (κ2) is 4.86. The van der Waals surface area contributed by atoms with Gasteiger partial charge in [-0.05, 0) is 33.8 Å². The summed E-state index contributed by atoms with van der Waals surface area (Å²) in [6, 6.07) is 3.99. The number of nitrogens with zero attached hydrogens (tertiary/aromatic N) is 2. The summed E-state index contributed by atoms with van der Waals surface area (Å²) >= 11 is 0. The first-order valence-electron chi connectivity index (χ1n) is 6.52. The molecule has 1 aliphatic rings. The van der Waals surface area contributed by atoms with E-state index in [0.717, 1.165) is 24.5 Å². The third-order valence-electron chi connectivity index (χ3n) is 3.18. The molecule has 2 rings (SSSR count). The fourth-order valence-electron chi connectivity index (χ4n) is 2.64. The van der Waals surface area contributed by atoms with Crippen LogP contribution in [0.15, 0.2) is 18.3 Å². The Balaban J connectivity index is 2.31. The van der Waals surface area contributed by atoms with Gasteiger partial charge in [-0.3, -0.25) is 0 Å². The van der Waals surface area contributed by atoms with Gasteiger partial charge in [0, 0.05) is 30.9 Å². The van der Waals surface area contributed by atoms with E-state index in [-0.39, 0.29) is 17.7 Å². The van der Waals surface area contributed by atoms with E-state index in [1.54, 1.807) is 0 Å². The van der Waals surface area contributed by atoms with E-state index in [1.807, 2.05) is 19.2 Å². The molecule has 4 nitrogen and oxygen atoms in total. The predicted octanol–water partition coefficient (Wildman–Crippen LogP) is 2.10. The molecule has 0 aliphatic carbocycles. The average molecular weight is 249 g/mol. The van der Waals surface area contributed by atoms with E-state index in [4.69, 9.17) is 10.5 Å². The van der Waals surface area contributed by atoms with Gasteiger partial charge in [0.05, 0.1) is 11.7 Å². The molecule has 100 valence electrons. The number of aromatic nitrogens is 1. The van der Waals surface area contributed by atoms with E-state index in [0.29, 0.717) is 0 Å². The van der Waals surface area contributed by atoms with Gasteiger partial charge in [0.15, 0.2) is 0 Å². The summed E-state index contributed by atoms with van der Waals surface area (Å²) in [5, 5.41) is 0. The molecule has 0 spiro atoms. The van der Waals surface area contributed by atoms with E-state index in [9.17, 15) is 0 Å². The van der Waals surface area contributed by atoms with Gasteiger partial charge in [-0.1, -0.05) is 6.07 Å². The molecular weight excluding hydrogens is 226 g/mol. The maximum atomic E-state index is 6.03. The van der Waals surface area contributed by atoms with Crippen molar-refractivity contribution in [3.05, 3.63) is 23.9 Å². The zero-order chi connectivity index (χ0) is 13.3. The van der Waals surface area contributed by atoms with Crippen molar-refractivity contribution in [2.24, 2.45) is 5.73 Å². The Bertz CT molecular complexity index is 417. The van der Waals surface area contributed by atoms with Crippen molar-refractivity contribution in [2.45, 2.75) is 45.4 Å². The van der Waals surface area contributed by atoms with Crippen LogP contribution in [0.3, 0.4) is 0 Å². The highest BCUT2D eigenvalue weighted by Gasteiger charge is 2.32.